The number of hydroxylamine groups is 1. The molecule has 2 amide bonds. The van der Waals surface area contributed by atoms with Crippen LogP contribution in [-0.2, 0) is 15.0 Å². The van der Waals surface area contributed by atoms with Crippen molar-refractivity contribution >= 4 is 11.8 Å². The van der Waals surface area contributed by atoms with E-state index in [-0.39, 0.29) is 5.91 Å². The Morgan fingerprint density at radius 3 is 2.12 bits per heavy atom. The number of rotatable bonds is 6. The van der Waals surface area contributed by atoms with E-state index in [0.717, 1.165) is 22.4 Å². The van der Waals surface area contributed by atoms with E-state index in [1.54, 1.807) is 12.4 Å². The summed E-state index contributed by atoms with van der Waals surface area (Å²) in [6.45, 7) is 3.95. The van der Waals surface area contributed by atoms with Gasteiger partial charge >= 0.3 is 0 Å². The Kier molecular flexibility index (Phi) is 5.97. The molecule has 0 aliphatic carbocycles. The lowest BCUT2D eigenvalue weighted by molar-refractivity contribution is -0.143. The topological polar surface area (TPSA) is 78.9 Å². The number of hydrogen-bond donors (Lipinski definition) is 2. The van der Waals surface area contributed by atoms with Gasteiger partial charge in [-0.2, -0.15) is 0 Å². The zero-order chi connectivity index (χ0) is 22.7. The number of carbonyl (C=O) groups is 2. The van der Waals surface area contributed by atoms with Crippen LogP contribution in [0.5, 0.6) is 11.5 Å². The number of carbonyl (C=O) groups excluding carboxylic acids is 2. The fourth-order valence-electron chi connectivity index (χ4n) is 4.11. The summed E-state index contributed by atoms with van der Waals surface area (Å²) in [7, 11) is 0. The van der Waals surface area contributed by atoms with Gasteiger partial charge in [-0.15, -0.1) is 0 Å². The Morgan fingerprint density at radius 1 is 0.969 bits per heavy atom. The highest BCUT2D eigenvalue weighted by Crippen LogP contribution is 2.37. The van der Waals surface area contributed by atoms with Crippen molar-refractivity contribution in [1.82, 2.24) is 10.4 Å². The molecule has 32 heavy (non-hydrogen) atoms. The van der Waals surface area contributed by atoms with Crippen LogP contribution < -0.4 is 10.2 Å². The van der Waals surface area contributed by atoms with Crippen molar-refractivity contribution in [3.05, 3.63) is 84.4 Å². The van der Waals surface area contributed by atoms with Crippen LogP contribution in [0.2, 0.25) is 0 Å². The molecule has 3 aromatic rings. The molecule has 0 aromatic heterocycles. The first-order chi connectivity index (χ1) is 15.4. The van der Waals surface area contributed by atoms with E-state index in [4.69, 9.17) is 9.94 Å². The molecule has 164 valence electrons. The van der Waals surface area contributed by atoms with Crippen LogP contribution in [0.15, 0.2) is 78.9 Å². The van der Waals surface area contributed by atoms with Crippen molar-refractivity contribution < 1.29 is 19.5 Å². The quantitative estimate of drug-likeness (QED) is 0.445. The van der Waals surface area contributed by atoms with E-state index in [0.29, 0.717) is 18.7 Å². The summed E-state index contributed by atoms with van der Waals surface area (Å²) in [6, 6.07) is 24.8. The molecule has 1 saturated heterocycles. The Bertz CT molecular complexity index is 1100. The molecule has 0 radical (unpaired) electrons. The first-order valence-corrected chi connectivity index (χ1v) is 10.6. The molecule has 1 fully saturated rings. The average Bonchev–Trinajstić information content (AvgIpc) is 3.14. The molecular formula is C26H26N2O4. The van der Waals surface area contributed by atoms with Crippen LogP contribution in [0.1, 0.15) is 25.8 Å². The Labute approximate surface area is 187 Å². The van der Waals surface area contributed by atoms with Gasteiger partial charge in [-0.1, -0.05) is 54.6 Å². The lowest BCUT2D eigenvalue weighted by Gasteiger charge is -2.27. The third kappa shape index (κ3) is 4.09. The van der Waals surface area contributed by atoms with Gasteiger partial charge in [-0.05, 0) is 61.2 Å². The fourth-order valence-corrected chi connectivity index (χ4v) is 4.11. The van der Waals surface area contributed by atoms with Crippen molar-refractivity contribution in [3.63, 3.8) is 0 Å². The lowest BCUT2D eigenvalue weighted by atomic mass is 9.81. The summed E-state index contributed by atoms with van der Waals surface area (Å²) in [5, 5.41) is 8.87. The van der Waals surface area contributed by atoms with Gasteiger partial charge in [0.1, 0.15) is 17.5 Å². The highest BCUT2D eigenvalue weighted by atomic mass is 16.5. The summed E-state index contributed by atoms with van der Waals surface area (Å²) in [5.41, 5.74) is 4.04. The molecule has 2 atom stereocenters. The lowest BCUT2D eigenvalue weighted by Crippen LogP contribution is -2.47. The minimum Gasteiger partial charge on any atom is -0.457 e. The Balaban J connectivity index is 1.45. The molecule has 4 rings (SSSR count). The molecule has 3 aromatic carbocycles. The molecule has 1 aliphatic heterocycles. The van der Waals surface area contributed by atoms with E-state index < -0.39 is 17.4 Å². The summed E-state index contributed by atoms with van der Waals surface area (Å²) < 4.78 is 5.98. The maximum Gasteiger partial charge on any atom is 0.265 e. The maximum absolute atomic E-state index is 13.0. The van der Waals surface area contributed by atoms with Gasteiger partial charge in [0.25, 0.3) is 5.91 Å². The largest absolute Gasteiger partial charge is 0.457 e. The monoisotopic (exact) mass is 430 g/mol. The van der Waals surface area contributed by atoms with Crippen molar-refractivity contribution in [1.29, 1.82) is 0 Å². The molecule has 0 spiro atoms. The van der Waals surface area contributed by atoms with Crippen LogP contribution in [0.25, 0.3) is 11.1 Å². The molecule has 1 aliphatic rings. The number of amides is 2. The third-order valence-electron chi connectivity index (χ3n) is 6.23. The average molecular weight is 431 g/mol. The van der Waals surface area contributed by atoms with Gasteiger partial charge in [0.15, 0.2) is 0 Å². The molecule has 0 saturated carbocycles. The molecule has 6 heteroatoms. The summed E-state index contributed by atoms with van der Waals surface area (Å²) in [5.74, 6) is 0.694. The van der Waals surface area contributed by atoms with Crippen LogP contribution in [0.3, 0.4) is 0 Å². The van der Waals surface area contributed by atoms with E-state index in [2.05, 4.69) is 12.1 Å². The van der Waals surface area contributed by atoms with E-state index in [9.17, 15) is 9.59 Å². The minimum atomic E-state index is -0.726. The van der Waals surface area contributed by atoms with Crippen molar-refractivity contribution in [2.75, 3.05) is 6.54 Å². The second-order valence-electron chi connectivity index (χ2n) is 8.25. The second kappa shape index (κ2) is 8.85. The number of benzene rings is 3. The van der Waals surface area contributed by atoms with Gasteiger partial charge in [0, 0.05) is 6.54 Å². The van der Waals surface area contributed by atoms with Crippen molar-refractivity contribution in [3.8, 4) is 22.6 Å². The normalized spacial score (nSPS) is 19.0. The van der Waals surface area contributed by atoms with Gasteiger partial charge in [0.05, 0.1) is 5.41 Å². The van der Waals surface area contributed by atoms with Gasteiger partial charge in [-0.3, -0.25) is 14.8 Å². The highest BCUT2D eigenvalue weighted by molar-refractivity contribution is 5.94. The highest BCUT2D eigenvalue weighted by Gasteiger charge is 2.46. The molecular weight excluding hydrogens is 404 g/mol. The fraction of sp³-hybridized carbons (Fsp3) is 0.231. The van der Waals surface area contributed by atoms with Crippen LogP contribution in [-0.4, -0.2) is 34.5 Å². The standard InChI is InChI=1S/C26H26N2O4/c1-18(24(29)27-31)28-17-16-26(2,25(28)30)21-10-14-23(15-11-21)32-22-12-8-20(9-13-22)19-6-4-3-5-7-19/h3-15,18,31H,16-17H2,1-2H3,(H,27,29)/t18-,26?/m1/s1. The van der Waals surface area contributed by atoms with E-state index in [1.807, 2.05) is 73.7 Å². The maximum atomic E-state index is 13.0. The molecule has 2 N–H and O–H groups in total. The van der Waals surface area contributed by atoms with Crippen molar-refractivity contribution in [2.24, 2.45) is 0 Å². The zero-order valence-corrected chi connectivity index (χ0v) is 18.1. The predicted molar refractivity (Wildman–Crippen MR) is 121 cm³/mol. The van der Waals surface area contributed by atoms with Crippen LogP contribution in [0, 0.1) is 0 Å². The number of likely N-dealkylation sites (tertiary alicyclic amines) is 1. The van der Waals surface area contributed by atoms with E-state index in [1.165, 1.54) is 4.90 Å². The molecule has 0 bridgehead atoms. The van der Waals surface area contributed by atoms with Gasteiger partial charge < -0.3 is 9.64 Å². The molecule has 1 heterocycles. The van der Waals surface area contributed by atoms with Gasteiger partial charge in [-0.25, -0.2) is 5.48 Å². The van der Waals surface area contributed by atoms with Crippen LogP contribution >= 0.6 is 0 Å². The SMILES string of the molecule is C[C@H](C(=O)NO)N1CCC(C)(c2ccc(Oc3ccc(-c4ccccc4)cc3)cc2)C1=O. The minimum absolute atomic E-state index is 0.126. The smallest absolute Gasteiger partial charge is 0.265 e. The third-order valence-corrected chi connectivity index (χ3v) is 6.23. The zero-order valence-electron chi connectivity index (χ0n) is 18.1. The van der Waals surface area contributed by atoms with E-state index >= 15 is 0 Å². The predicted octanol–water partition coefficient (Wildman–Crippen LogP) is 4.53. The second-order valence-corrected chi connectivity index (χ2v) is 8.25. The summed E-state index contributed by atoms with van der Waals surface area (Å²) in [6.07, 6.45) is 0.593. The van der Waals surface area contributed by atoms with Crippen molar-refractivity contribution in [2.45, 2.75) is 31.7 Å². The Morgan fingerprint density at radius 2 is 1.53 bits per heavy atom. The number of ether oxygens (including phenoxy) is 1. The number of hydrogen-bond acceptors (Lipinski definition) is 4. The molecule has 6 nitrogen and oxygen atoms in total. The summed E-state index contributed by atoms with van der Waals surface area (Å²) in [4.78, 5) is 26.3. The number of nitrogens with one attached hydrogen (secondary N) is 1. The van der Waals surface area contributed by atoms with Gasteiger partial charge in [0.2, 0.25) is 5.91 Å². The van der Waals surface area contributed by atoms with Crippen LogP contribution in [0.4, 0.5) is 0 Å². The number of nitrogens with zero attached hydrogens (tertiary/aromatic N) is 1. The summed E-state index contributed by atoms with van der Waals surface area (Å²) >= 11 is 0. The first kappa shape index (κ1) is 21.6. The Hall–Kier alpha value is -3.64. The first-order valence-electron chi connectivity index (χ1n) is 10.6. The molecule has 1 unspecified atom stereocenters.